The molecule has 0 spiro atoms. The summed E-state index contributed by atoms with van der Waals surface area (Å²) in [5.41, 5.74) is 4.37. The number of carbonyl (C=O) groups excluding carboxylic acids is 1. The maximum atomic E-state index is 12.5. The van der Waals surface area contributed by atoms with Gasteiger partial charge >= 0.3 is 0 Å². The first-order valence-corrected chi connectivity index (χ1v) is 7.21. The van der Waals surface area contributed by atoms with Crippen LogP contribution in [0.4, 0.5) is 0 Å². The van der Waals surface area contributed by atoms with Crippen LogP contribution in [0.1, 0.15) is 27.0 Å². The highest BCUT2D eigenvalue weighted by Crippen LogP contribution is 2.17. The van der Waals surface area contributed by atoms with Crippen molar-refractivity contribution in [2.75, 3.05) is 13.6 Å². The molecule has 1 aliphatic rings. The number of nitrogens with zero attached hydrogens (tertiary/aromatic N) is 2. The number of nitrogens with one attached hydrogen (secondary N) is 1. The zero-order chi connectivity index (χ0) is 14.7. The Kier molecular flexibility index (Phi) is 3.97. The molecule has 0 saturated carbocycles. The van der Waals surface area contributed by atoms with Crippen LogP contribution in [0.5, 0.6) is 0 Å². The highest BCUT2D eigenvalue weighted by molar-refractivity contribution is 5.94. The summed E-state index contributed by atoms with van der Waals surface area (Å²) < 4.78 is 0. The van der Waals surface area contributed by atoms with E-state index in [-0.39, 0.29) is 5.91 Å². The van der Waals surface area contributed by atoms with E-state index in [0.29, 0.717) is 6.54 Å². The molecule has 1 N–H and O–H groups in total. The van der Waals surface area contributed by atoms with Gasteiger partial charge in [-0.1, -0.05) is 12.1 Å². The highest BCUT2D eigenvalue weighted by Gasteiger charge is 2.15. The molecule has 0 atom stereocenters. The lowest BCUT2D eigenvalue weighted by atomic mass is 9.98. The zero-order valence-electron chi connectivity index (χ0n) is 12.2. The zero-order valence-corrected chi connectivity index (χ0v) is 12.2. The smallest absolute Gasteiger partial charge is 0.253 e. The molecule has 21 heavy (non-hydrogen) atoms. The second-order valence-corrected chi connectivity index (χ2v) is 5.43. The van der Waals surface area contributed by atoms with Gasteiger partial charge in [0, 0.05) is 38.1 Å². The van der Waals surface area contributed by atoms with Gasteiger partial charge in [-0.15, -0.1) is 0 Å². The molecule has 0 bridgehead atoms. The van der Waals surface area contributed by atoms with Gasteiger partial charge in [-0.3, -0.25) is 9.78 Å². The maximum absolute atomic E-state index is 12.5. The molecule has 4 heteroatoms. The molecule has 2 aromatic rings. The molecule has 1 aliphatic heterocycles. The Morgan fingerprint density at radius 2 is 2.24 bits per heavy atom. The standard InChI is InChI=1S/C17H19N3O/c1-20(12-13-3-2-7-18-10-13)17(21)15-5-4-14-6-8-19-11-16(14)9-15/h2-5,7,9-10,19H,6,8,11-12H2,1H3. The van der Waals surface area contributed by atoms with E-state index in [9.17, 15) is 4.79 Å². The third-order valence-corrected chi connectivity index (χ3v) is 3.83. The Morgan fingerprint density at radius 1 is 1.33 bits per heavy atom. The molecule has 1 aromatic carbocycles. The van der Waals surface area contributed by atoms with Gasteiger partial charge < -0.3 is 10.2 Å². The molecular formula is C17H19N3O. The number of benzene rings is 1. The van der Waals surface area contributed by atoms with E-state index in [4.69, 9.17) is 0 Å². The van der Waals surface area contributed by atoms with Crippen LogP contribution in [0.25, 0.3) is 0 Å². The summed E-state index contributed by atoms with van der Waals surface area (Å²) in [4.78, 5) is 18.3. The fourth-order valence-electron chi connectivity index (χ4n) is 2.67. The molecule has 4 nitrogen and oxygen atoms in total. The van der Waals surface area contributed by atoms with Gasteiger partial charge in [-0.2, -0.15) is 0 Å². The normalized spacial score (nSPS) is 13.6. The van der Waals surface area contributed by atoms with E-state index in [2.05, 4.69) is 16.4 Å². The Bertz CT molecular complexity index is 640. The van der Waals surface area contributed by atoms with E-state index < -0.39 is 0 Å². The quantitative estimate of drug-likeness (QED) is 0.936. The molecule has 0 unspecified atom stereocenters. The van der Waals surface area contributed by atoms with Crippen molar-refractivity contribution >= 4 is 5.91 Å². The number of hydrogen-bond donors (Lipinski definition) is 1. The van der Waals surface area contributed by atoms with Crippen molar-refractivity contribution in [3.8, 4) is 0 Å². The predicted octanol–water partition coefficient (Wildman–Crippen LogP) is 2.00. The van der Waals surface area contributed by atoms with Crippen LogP contribution in [0.2, 0.25) is 0 Å². The summed E-state index contributed by atoms with van der Waals surface area (Å²) >= 11 is 0. The van der Waals surface area contributed by atoms with Crippen LogP contribution in [0.3, 0.4) is 0 Å². The lowest BCUT2D eigenvalue weighted by Gasteiger charge is -2.20. The Morgan fingerprint density at radius 3 is 3.05 bits per heavy atom. The second-order valence-electron chi connectivity index (χ2n) is 5.43. The molecule has 108 valence electrons. The van der Waals surface area contributed by atoms with Crippen LogP contribution in [0, 0.1) is 0 Å². The minimum atomic E-state index is 0.0484. The number of aromatic nitrogens is 1. The number of carbonyl (C=O) groups is 1. The Balaban J connectivity index is 1.75. The summed E-state index contributed by atoms with van der Waals surface area (Å²) in [5.74, 6) is 0.0484. The van der Waals surface area contributed by atoms with Crippen molar-refractivity contribution in [1.82, 2.24) is 15.2 Å². The largest absolute Gasteiger partial charge is 0.337 e. The fourth-order valence-corrected chi connectivity index (χ4v) is 2.67. The van der Waals surface area contributed by atoms with E-state index in [1.807, 2.05) is 31.3 Å². The SMILES string of the molecule is CN(Cc1cccnc1)C(=O)c1ccc2c(c1)CNCC2. The number of fused-ring (bicyclic) bond motifs is 1. The Labute approximate surface area is 124 Å². The van der Waals surface area contributed by atoms with Gasteiger partial charge in [0.1, 0.15) is 0 Å². The van der Waals surface area contributed by atoms with Gasteiger partial charge in [0.25, 0.3) is 5.91 Å². The predicted molar refractivity (Wildman–Crippen MR) is 81.9 cm³/mol. The van der Waals surface area contributed by atoms with Gasteiger partial charge in [-0.05, 0) is 47.9 Å². The van der Waals surface area contributed by atoms with Crippen LogP contribution < -0.4 is 5.32 Å². The van der Waals surface area contributed by atoms with Crippen LogP contribution >= 0.6 is 0 Å². The van der Waals surface area contributed by atoms with Crippen molar-refractivity contribution in [3.05, 3.63) is 65.0 Å². The maximum Gasteiger partial charge on any atom is 0.253 e. The van der Waals surface area contributed by atoms with E-state index >= 15 is 0 Å². The number of hydrogen-bond acceptors (Lipinski definition) is 3. The summed E-state index contributed by atoms with van der Waals surface area (Å²) in [5, 5.41) is 3.34. The minimum Gasteiger partial charge on any atom is -0.337 e. The van der Waals surface area contributed by atoms with Gasteiger partial charge in [0.2, 0.25) is 0 Å². The molecule has 0 saturated heterocycles. The monoisotopic (exact) mass is 281 g/mol. The molecule has 1 amide bonds. The van der Waals surface area contributed by atoms with Crippen LogP contribution in [-0.2, 0) is 19.5 Å². The summed E-state index contributed by atoms with van der Waals surface area (Å²) in [6.07, 6.45) is 4.57. The lowest BCUT2D eigenvalue weighted by Crippen LogP contribution is -2.28. The highest BCUT2D eigenvalue weighted by atomic mass is 16.2. The lowest BCUT2D eigenvalue weighted by molar-refractivity contribution is 0.0785. The van der Waals surface area contributed by atoms with E-state index in [1.54, 1.807) is 17.3 Å². The third kappa shape index (κ3) is 3.11. The number of rotatable bonds is 3. The van der Waals surface area contributed by atoms with E-state index in [1.165, 1.54) is 11.1 Å². The summed E-state index contributed by atoms with van der Waals surface area (Å²) in [6.45, 7) is 2.44. The van der Waals surface area contributed by atoms with Crippen molar-refractivity contribution in [1.29, 1.82) is 0 Å². The third-order valence-electron chi connectivity index (χ3n) is 3.83. The van der Waals surface area contributed by atoms with Crippen molar-refractivity contribution in [2.24, 2.45) is 0 Å². The number of pyridine rings is 1. The summed E-state index contributed by atoms with van der Waals surface area (Å²) in [7, 11) is 1.83. The number of amides is 1. The average molecular weight is 281 g/mol. The molecule has 0 radical (unpaired) electrons. The minimum absolute atomic E-state index is 0.0484. The van der Waals surface area contributed by atoms with Crippen molar-refractivity contribution in [2.45, 2.75) is 19.5 Å². The first-order valence-electron chi connectivity index (χ1n) is 7.21. The van der Waals surface area contributed by atoms with Crippen LogP contribution in [-0.4, -0.2) is 29.4 Å². The molecule has 0 aliphatic carbocycles. The first kappa shape index (κ1) is 13.8. The topological polar surface area (TPSA) is 45.2 Å². The van der Waals surface area contributed by atoms with Gasteiger partial charge in [0.15, 0.2) is 0 Å². The fraction of sp³-hybridized carbons (Fsp3) is 0.294. The summed E-state index contributed by atoms with van der Waals surface area (Å²) in [6, 6.07) is 9.91. The molecule has 2 heterocycles. The second kappa shape index (κ2) is 6.06. The van der Waals surface area contributed by atoms with Crippen LogP contribution in [0.15, 0.2) is 42.7 Å². The van der Waals surface area contributed by atoms with Gasteiger partial charge in [0.05, 0.1) is 0 Å². The molecule has 3 rings (SSSR count). The Hall–Kier alpha value is -2.20. The van der Waals surface area contributed by atoms with E-state index in [0.717, 1.165) is 30.6 Å². The molecular weight excluding hydrogens is 262 g/mol. The molecule has 0 fully saturated rings. The first-order chi connectivity index (χ1) is 10.2. The van der Waals surface area contributed by atoms with Crippen molar-refractivity contribution in [3.63, 3.8) is 0 Å². The van der Waals surface area contributed by atoms with Gasteiger partial charge in [-0.25, -0.2) is 0 Å². The van der Waals surface area contributed by atoms with Crippen molar-refractivity contribution < 1.29 is 4.79 Å². The molecule has 1 aromatic heterocycles. The average Bonchev–Trinajstić information content (AvgIpc) is 2.54.